The van der Waals surface area contributed by atoms with Gasteiger partial charge in [0, 0.05) is 19.1 Å². The minimum absolute atomic E-state index is 0.344. The van der Waals surface area contributed by atoms with Gasteiger partial charge < -0.3 is 10.4 Å². The molecule has 2 aromatic rings. The third-order valence-electron chi connectivity index (χ3n) is 4.34. The summed E-state index contributed by atoms with van der Waals surface area (Å²) in [6.07, 6.45) is 2.37. The molecule has 0 aliphatic carbocycles. The molecular weight excluding hydrogens is 272 g/mol. The maximum atomic E-state index is 9.49. The lowest BCUT2D eigenvalue weighted by atomic mass is 10.0. The number of hydrogen-bond donors (Lipinski definition) is 2. The van der Waals surface area contributed by atoms with Crippen LogP contribution in [0.4, 0.5) is 0 Å². The Morgan fingerprint density at radius 3 is 2.41 bits per heavy atom. The molecule has 1 heterocycles. The highest BCUT2D eigenvalue weighted by molar-refractivity contribution is 5.27. The van der Waals surface area contributed by atoms with Crippen molar-refractivity contribution in [1.29, 1.82) is 0 Å². The van der Waals surface area contributed by atoms with Crippen molar-refractivity contribution in [2.75, 3.05) is 13.1 Å². The van der Waals surface area contributed by atoms with Crippen LogP contribution in [0.1, 0.15) is 24.0 Å². The molecule has 0 saturated carbocycles. The van der Waals surface area contributed by atoms with Crippen molar-refractivity contribution in [1.82, 2.24) is 10.2 Å². The predicted octanol–water partition coefficient (Wildman–Crippen LogP) is 3.15. The molecule has 1 aliphatic rings. The van der Waals surface area contributed by atoms with Gasteiger partial charge in [0.1, 0.15) is 5.75 Å². The SMILES string of the molecule is Oc1cccc(CNC2CCN(Cc3ccccc3)CC2)c1. The summed E-state index contributed by atoms with van der Waals surface area (Å²) in [5, 5.41) is 13.1. The van der Waals surface area contributed by atoms with Crippen LogP contribution in [0.25, 0.3) is 0 Å². The Labute approximate surface area is 132 Å². The molecular formula is C19H24N2O. The number of nitrogens with one attached hydrogen (secondary N) is 1. The summed E-state index contributed by atoms with van der Waals surface area (Å²) in [6, 6.07) is 18.8. The fourth-order valence-electron chi connectivity index (χ4n) is 3.07. The van der Waals surface area contributed by atoms with Crippen LogP contribution in [0, 0.1) is 0 Å². The van der Waals surface area contributed by atoms with Crippen molar-refractivity contribution < 1.29 is 5.11 Å². The number of aromatic hydroxyl groups is 1. The Balaban J connectivity index is 1.42. The maximum Gasteiger partial charge on any atom is 0.115 e. The maximum absolute atomic E-state index is 9.49. The van der Waals surface area contributed by atoms with Gasteiger partial charge in [-0.1, -0.05) is 42.5 Å². The molecule has 116 valence electrons. The zero-order chi connectivity index (χ0) is 15.2. The number of phenols is 1. The van der Waals surface area contributed by atoms with Crippen molar-refractivity contribution >= 4 is 0 Å². The van der Waals surface area contributed by atoms with E-state index in [-0.39, 0.29) is 0 Å². The molecule has 0 radical (unpaired) electrons. The van der Waals surface area contributed by atoms with Gasteiger partial charge in [0.05, 0.1) is 0 Å². The lowest BCUT2D eigenvalue weighted by Gasteiger charge is -2.32. The summed E-state index contributed by atoms with van der Waals surface area (Å²) in [7, 11) is 0. The van der Waals surface area contributed by atoms with E-state index < -0.39 is 0 Å². The zero-order valence-corrected chi connectivity index (χ0v) is 12.9. The van der Waals surface area contributed by atoms with E-state index in [0.717, 1.165) is 31.7 Å². The molecule has 2 N–H and O–H groups in total. The number of hydrogen-bond acceptors (Lipinski definition) is 3. The number of phenolic OH excluding ortho intramolecular Hbond substituents is 1. The van der Waals surface area contributed by atoms with Gasteiger partial charge in [0.2, 0.25) is 0 Å². The first-order valence-electron chi connectivity index (χ1n) is 8.07. The fourth-order valence-corrected chi connectivity index (χ4v) is 3.07. The molecule has 3 heteroatoms. The Morgan fingerprint density at radius 1 is 0.955 bits per heavy atom. The van der Waals surface area contributed by atoms with Crippen LogP contribution in [0.15, 0.2) is 54.6 Å². The summed E-state index contributed by atoms with van der Waals surface area (Å²) in [5.74, 6) is 0.344. The second-order valence-electron chi connectivity index (χ2n) is 6.09. The van der Waals surface area contributed by atoms with Gasteiger partial charge in [-0.05, 0) is 49.2 Å². The number of likely N-dealkylation sites (tertiary alicyclic amines) is 1. The number of piperidine rings is 1. The molecule has 1 fully saturated rings. The van der Waals surface area contributed by atoms with Crippen LogP contribution >= 0.6 is 0 Å². The highest BCUT2D eigenvalue weighted by Crippen LogP contribution is 2.15. The first-order valence-corrected chi connectivity index (χ1v) is 8.07. The second kappa shape index (κ2) is 7.43. The molecule has 0 atom stereocenters. The van der Waals surface area contributed by atoms with Crippen molar-refractivity contribution in [3.63, 3.8) is 0 Å². The molecule has 3 rings (SSSR count). The lowest BCUT2D eigenvalue weighted by Crippen LogP contribution is -2.41. The van der Waals surface area contributed by atoms with E-state index in [1.54, 1.807) is 6.07 Å². The molecule has 3 nitrogen and oxygen atoms in total. The van der Waals surface area contributed by atoms with Gasteiger partial charge in [-0.15, -0.1) is 0 Å². The third kappa shape index (κ3) is 4.33. The van der Waals surface area contributed by atoms with Gasteiger partial charge in [0.25, 0.3) is 0 Å². The van der Waals surface area contributed by atoms with Crippen LogP contribution in [0.3, 0.4) is 0 Å². The van der Waals surface area contributed by atoms with Gasteiger partial charge in [-0.3, -0.25) is 4.90 Å². The number of rotatable bonds is 5. The smallest absolute Gasteiger partial charge is 0.115 e. The monoisotopic (exact) mass is 296 g/mol. The molecule has 0 bridgehead atoms. The predicted molar refractivity (Wildman–Crippen MR) is 89.7 cm³/mol. The lowest BCUT2D eigenvalue weighted by molar-refractivity contribution is 0.190. The third-order valence-corrected chi connectivity index (χ3v) is 4.34. The molecule has 2 aromatic carbocycles. The fraction of sp³-hybridized carbons (Fsp3) is 0.368. The van der Waals surface area contributed by atoms with Crippen LogP contribution < -0.4 is 5.32 Å². The van der Waals surface area contributed by atoms with E-state index in [2.05, 4.69) is 46.6 Å². The van der Waals surface area contributed by atoms with E-state index >= 15 is 0 Å². The summed E-state index contributed by atoms with van der Waals surface area (Å²) in [5.41, 5.74) is 2.54. The van der Waals surface area contributed by atoms with E-state index in [0.29, 0.717) is 11.8 Å². The normalized spacial score (nSPS) is 16.7. The summed E-state index contributed by atoms with van der Waals surface area (Å²) in [6.45, 7) is 4.18. The zero-order valence-electron chi connectivity index (χ0n) is 12.9. The van der Waals surface area contributed by atoms with E-state index in [4.69, 9.17) is 0 Å². The van der Waals surface area contributed by atoms with Crippen LogP contribution in [-0.4, -0.2) is 29.1 Å². The minimum Gasteiger partial charge on any atom is -0.508 e. The first-order chi connectivity index (χ1) is 10.8. The van der Waals surface area contributed by atoms with Gasteiger partial charge in [-0.2, -0.15) is 0 Å². The topological polar surface area (TPSA) is 35.5 Å². The number of nitrogens with zero attached hydrogens (tertiary/aromatic N) is 1. The Bertz CT molecular complexity index is 577. The average Bonchev–Trinajstić information content (AvgIpc) is 2.55. The van der Waals surface area contributed by atoms with Crippen LogP contribution in [0.5, 0.6) is 5.75 Å². The average molecular weight is 296 g/mol. The van der Waals surface area contributed by atoms with Crippen molar-refractivity contribution in [2.45, 2.75) is 32.0 Å². The van der Waals surface area contributed by atoms with E-state index in [9.17, 15) is 5.11 Å². The molecule has 1 saturated heterocycles. The first kappa shape index (κ1) is 15.1. The Kier molecular flexibility index (Phi) is 5.09. The van der Waals surface area contributed by atoms with Crippen molar-refractivity contribution in [3.05, 3.63) is 65.7 Å². The van der Waals surface area contributed by atoms with E-state index in [1.165, 1.54) is 18.4 Å². The molecule has 0 unspecified atom stereocenters. The highest BCUT2D eigenvalue weighted by Gasteiger charge is 2.18. The van der Waals surface area contributed by atoms with Crippen LogP contribution in [0.2, 0.25) is 0 Å². The van der Waals surface area contributed by atoms with Crippen molar-refractivity contribution in [2.24, 2.45) is 0 Å². The van der Waals surface area contributed by atoms with Crippen molar-refractivity contribution in [3.8, 4) is 5.75 Å². The Hall–Kier alpha value is -1.84. The Morgan fingerprint density at radius 2 is 1.68 bits per heavy atom. The number of benzene rings is 2. The van der Waals surface area contributed by atoms with Gasteiger partial charge >= 0.3 is 0 Å². The minimum atomic E-state index is 0.344. The highest BCUT2D eigenvalue weighted by atomic mass is 16.3. The quantitative estimate of drug-likeness (QED) is 0.890. The van der Waals surface area contributed by atoms with Gasteiger partial charge in [0.15, 0.2) is 0 Å². The van der Waals surface area contributed by atoms with Gasteiger partial charge in [-0.25, -0.2) is 0 Å². The molecule has 0 spiro atoms. The molecule has 0 amide bonds. The molecule has 22 heavy (non-hydrogen) atoms. The molecule has 1 aliphatic heterocycles. The molecule has 0 aromatic heterocycles. The standard InChI is InChI=1S/C19H24N2O/c22-19-8-4-7-17(13-19)14-20-18-9-11-21(12-10-18)15-16-5-2-1-3-6-16/h1-8,13,18,20,22H,9-12,14-15H2. The second-order valence-corrected chi connectivity index (χ2v) is 6.09. The summed E-state index contributed by atoms with van der Waals surface area (Å²) in [4.78, 5) is 2.53. The largest absolute Gasteiger partial charge is 0.508 e. The summed E-state index contributed by atoms with van der Waals surface area (Å²) >= 11 is 0. The van der Waals surface area contributed by atoms with E-state index in [1.807, 2.05) is 12.1 Å². The van der Waals surface area contributed by atoms with Crippen LogP contribution in [-0.2, 0) is 13.1 Å². The summed E-state index contributed by atoms with van der Waals surface area (Å²) < 4.78 is 0.